The fourth-order valence-corrected chi connectivity index (χ4v) is 3.74. The van der Waals surface area contributed by atoms with Gasteiger partial charge in [0.2, 0.25) is 0 Å². The van der Waals surface area contributed by atoms with Gasteiger partial charge in [0, 0.05) is 17.5 Å². The van der Waals surface area contributed by atoms with Crippen LogP contribution in [0.25, 0.3) is 0 Å². The van der Waals surface area contributed by atoms with E-state index in [1.165, 1.54) is 0 Å². The van der Waals surface area contributed by atoms with Crippen LogP contribution >= 0.6 is 0 Å². The molecule has 0 radical (unpaired) electrons. The number of nitrogens with zero attached hydrogens (tertiary/aromatic N) is 1. The second-order valence-corrected chi connectivity index (χ2v) is 6.14. The monoisotopic (exact) mass is 312 g/mol. The Morgan fingerprint density at radius 2 is 1.87 bits per heavy atom. The van der Waals surface area contributed by atoms with Crippen LogP contribution in [0.15, 0.2) is 36.4 Å². The van der Waals surface area contributed by atoms with Crippen LogP contribution in [0.5, 0.6) is 11.5 Å². The van der Waals surface area contributed by atoms with Crippen molar-refractivity contribution in [1.82, 2.24) is 0 Å². The normalized spacial score (nSPS) is 15.5. The lowest BCUT2D eigenvalue weighted by Gasteiger charge is -2.28. The number of hydrogen-bond acceptors (Lipinski definition) is 4. The van der Waals surface area contributed by atoms with E-state index in [0.717, 1.165) is 47.8 Å². The molecule has 23 heavy (non-hydrogen) atoms. The molecule has 122 valence electrons. The molecule has 0 atom stereocenters. The molecule has 4 heteroatoms. The highest BCUT2D eigenvalue weighted by molar-refractivity contribution is 5.85. The lowest BCUT2D eigenvalue weighted by Crippen LogP contribution is -2.30. The molecule has 1 aliphatic heterocycles. The number of benzene rings is 2. The smallest absolute Gasteiger partial charge is 0.143 e. The van der Waals surface area contributed by atoms with Gasteiger partial charge in [-0.25, -0.2) is 0 Å². The van der Waals surface area contributed by atoms with Crippen LogP contribution in [0, 0.1) is 0 Å². The number of nitrogens with two attached hydrogens (primary N) is 1. The zero-order valence-corrected chi connectivity index (χ0v) is 14.0. The summed E-state index contributed by atoms with van der Waals surface area (Å²) >= 11 is 0. The van der Waals surface area contributed by atoms with Crippen LogP contribution in [-0.4, -0.2) is 18.8 Å². The van der Waals surface area contributed by atoms with Crippen molar-refractivity contribution in [1.29, 1.82) is 0 Å². The van der Waals surface area contributed by atoms with Gasteiger partial charge < -0.3 is 20.5 Å². The van der Waals surface area contributed by atoms with E-state index in [1.807, 2.05) is 30.3 Å². The van der Waals surface area contributed by atoms with E-state index in [2.05, 4.69) is 18.7 Å². The van der Waals surface area contributed by atoms with Crippen LogP contribution in [0.4, 0.5) is 17.1 Å². The van der Waals surface area contributed by atoms with Crippen LogP contribution in [0.2, 0.25) is 0 Å². The maximum atomic E-state index is 10.6. The molecule has 2 aromatic rings. The summed E-state index contributed by atoms with van der Waals surface area (Å²) < 4.78 is 5.59. The van der Waals surface area contributed by atoms with E-state index in [0.29, 0.717) is 5.75 Å². The third-order valence-electron chi connectivity index (χ3n) is 5.18. The van der Waals surface area contributed by atoms with Crippen LogP contribution in [0.3, 0.4) is 0 Å². The lowest BCUT2D eigenvalue weighted by atomic mass is 9.77. The number of anilines is 3. The first-order valence-electron chi connectivity index (χ1n) is 8.10. The number of hydrogen-bond donors (Lipinski definition) is 2. The van der Waals surface area contributed by atoms with Crippen molar-refractivity contribution in [2.24, 2.45) is 0 Å². The summed E-state index contributed by atoms with van der Waals surface area (Å²) in [6.45, 7) is 5.13. The Morgan fingerprint density at radius 3 is 2.48 bits per heavy atom. The predicted octanol–water partition coefficient (Wildman–Crippen LogP) is 4.19. The summed E-state index contributed by atoms with van der Waals surface area (Å²) in [5.41, 5.74) is 9.72. The van der Waals surface area contributed by atoms with Gasteiger partial charge in [0.1, 0.15) is 11.5 Å². The predicted molar refractivity (Wildman–Crippen MR) is 94.8 cm³/mol. The van der Waals surface area contributed by atoms with E-state index in [9.17, 15) is 5.11 Å². The van der Waals surface area contributed by atoms with Crippen molar-refractivity contribution in [3.63, 3.8) is 0 Å². The van der Waals surface area contributed by atoms with E-state index in [1.54, 1.807) is 13.2 Å². The molecule has 2 aromatic carbocycles. The minimum atomic E-state index is -0.101. The number of aromatic hydroxyl groups is 1. The first kappa shape index (κ1) is 15.5. The molecule has 3 N–H and O–H groups in total. The molecular weight excluding hydrogens is 288 g/mol. The van der Waals surface area contributed by atoms with E-state index < -0.39 is 0 Å². The maximum absolute atomic E-state index is 10.6. The molecule has 0 spiro atoms. The Balaban J connectivity index is 2.29. The zero-order valence-electron chi connectivity index (χ0n) is 14.0. The third-order valence-corrected chi connectivity index (χ3v) is 5.18. The van der Waals surface area contributed by atoms with Crippen molar-refractivity contribution < 1.29 is 9.84 Å². The minimum absolute atomic E-state index is 0.101. The maximum Gasteiger partial charge on any atom is 0.143 e. The number of rotatable bonds is 4. The summed E-state index contributed by atoms with van der Waals surface area (Å²) in [6, 6.07) is 11.4. The van der Waals surface area contributed by atoms with Gasteiger partial charge in [-0.1, -0.05) is 26.0 Å². The van der Waals surface area contributed by atoms with Crippen LogP contribution in [0.1, 0.15) is 32.3 Å². The second-order valence-electron chi connectivity index (χ2n) is 6.14. The van der Waals surface area contributed by atoms with Crippen molar-refractivity contribution in [3.8, 4) is 11.5 Å². The summed E-state index contributed by atoms with van der Waals surface area (Å²) in [5.74, 6) is 1.10. The fraction of sp³-hybridized carbons (Fsp3) is 0.368. The molecule has 4 nitrogen and oxygen atoms in total. The molecule has 0 amide bonds. The van der Waals surface area contributed by atoms with Gasteiger partial charge in [0.15, 0.2) is 0 Å². The third kappa shape index (κ3) is 2.21. The number of methoxy groups -OCH3 is 1. The van der Waals surface area contributed by atoms with Gasteiger partial charge >= 0.3 is 0 Å². The van der Waals surface area contributed by atoms with E-state index in [-0.39, 0.29) is 5.41 Å². The number of ether oxygens (including phenoxy) is 1. The first-order chi connectivity index (χ1) is 11.1. The molecule has 0 saturated carbocycles. The Bertz CT molecular complexity index is 723. The lowest BCUT2D eigenvalue weighted by molar-refractivity contribution is 0.392. The number of fused-ring (bicyclic) bond motifs is 1. The first-order valence-corrected chi connectivity index (χ1v) is 8.10. The van der Waals surface area contributed by atoms with Crippen LogP contribution in [-0.2, 0) is 5.41 Å². The van der Waals surface area contributed by atoms with Crippen molar-refractivity contribution in [2.75, 3.05) is 24.3 Å². The zero-order chi connectivity index (χ0) is 16.6. The number of phenols is 1. The summed E-state index contributed by atoms with van der Waals surface area (Å²) in [4.78, 5) is 2.19. The van der Waals surface area contributed by atoms with Gasteiger partial charge in [0.25, 0.3) is 0 Å². The minimum Gasteiger partial charge on any atom is -0.508 e. The summed E-state index contributed by atoms with van der Waals surface area (Å²) in [5, 5.41) is 10.6. The SMILES string of the molecule is CCC1(CC)CN(c2ccccc2N)c2c(OC)ccc(O)c21. The Morgan fingerprint density at radius 1 is 1.17 bits per heavy atom. The van der Waals surface area contributed by atoms with Gasteiger partial charge in [-0.15, -0.1) is 0 Å². The Labute approximate surface area is 137 Å². The van der Waals surface area contributed by atoms with Gasteiger partial charge in [0.05, 0.1) is 24.2 Å². The molecule has 1 heterocycles. The average Bonchev–Trinajstić information content (AvgIpc) is 2.92. The molecule has 0 aliphatic carbocycles. The Hall–Kier alpha value is -2.36. The highest BCUT2D eigenvalue weighted by atomic mass is 16.5. The number of nitrogen functional groups attached to an aromatic ring is 1. The van der Waals surface area contributed by atoms with Gasteiger partial charge in [-0.2, -0.15) is 0 Å². The quantitative estimate of drug-likeness (QED) is 0.831. The Kier molecular flexibility index (Phi) is 3.84. The van der Waals surface area contributed by atoms with Crippen molar-refractivity contribution in [2.45, 2.75) is 32.1 Å². The van der Waals surface area contributed by atoms with Gasteiger partial charge in [-0.05, 0) is 37.1 Å². The summed E-state index contributed by atoms with van der Waals surface area (Å²) in [7, 11) is 1.66. The van der Waals surface area contributed by atoms with Gasteiger partial charge in [-0.3, -0.25) is 0 Å². The molecule has 0 fully saturated rings. The largest absolute Gasteiger partial charge is 0.508 e. The van der Waals surface area contributed by atoms with E-state index >= 15 is 0 Å². The molecule has 1 aliphatic rings. The van der Waals surface area contributed by atoms with Crippen molar-refractivity contribution in [3.05, 3.63) is 42.0 Å². The van der Waals surface area contributed by atoms with Crippen molar-refractivity contribution >= 4 is 17.1 Å². The summed E-state index contributed by atoms with van der Waals surface area (Å²) in [6.07, 6.45) is 1.89. The number of para-hydroxylation sites is 2. The fourth-order valence-electron chi connectivity index (χ4n) is 3.74. The molecule has 0 saturated heterocycles. The molecule has 0 bridgehead atoms. The highest BCUT2D eigenvalue weighted by Gasteiger charge is 2.44. The molecule has 0 unspecified atom stereocenters. The highest BCUT2D eigenvalue weighted by Crippen LogP contribution is 2.55. The molecular formula is C19H24N2O2. The topological polar surface area (TPSA) is 58.7 Å². The molecule has 0 aromatic heterocycles. The van der Waals surface area contributed by atoms with E-state index in [4.69, 9.17) is 10.5 Å². The molecule has 3 rings (SSSR count). The van der Waals surface area contributed by atoms with Crippen LogP contribution < -0.4 is 15.4 Å². The standard InChI is InChI=1S/C19H24N2O2/c1-4-19(5-2)12-21(14-9-7-6-8-13(14)20)18-16(23-3)11-10-15(22)17(18)19/h6-11,22H,4-5,12,20H2,1-3H3. The number of phenolic OH excluding ortho intramolecular Hbond substituents is 1. The average molecular weight is 312 g/mol. The second kappa shape index (κ2) is 5.69.